The van der Waals surface area contributed by atoms with E-state index in [-0.39, 0.29) is 19.4 Å². The van der Waals surface area contributed by atoms with Gasteiger partial charge in [0, 0.05) is 13.0 Å². The predicted octanol–water partition coefficient (Wildman–Crippen LogP) is -2.28. The van der Waals surface area contributed by atoms with Crippen molar-refractivity contribution in [1.29, 1.82) is 0 Å². The summed E-state index contributed by atoms with van der Waals surface area (Å²) in [6.07, 6.45) is -1.03. The SMILES string of the molecule is C[C@H](N)C(=O)N[C@@H](CCC(=O)O)C(=O)N[C@@H](CC(=O)O)C(=O)N1CCC[C@H]1C(=O)O. The number of carbonyl (C=O) groups excluding carboxylic acids is 3. The quantitative estimate of drug-likeness (QED) is 0.206. The summed E-state index contributed by atoms with van der Waals surface area (Å²) in [6, 6.07) is -5.10. The first-order chi connectivity index (χ1) is 13.9. The van der Waals surface area contributed by atoms with Gasteiger partial charge >= 0.3 is 17.9 Å². The van der Waals surface area contributed by atoms with Gasteiger partial charge in [-0.25, -0.2) is 4.79 Å². The van der Waals surface area contributed by atoms with Gasteiger partial charge < -0.3 is 36.6 Å². The molecule has 0 aromatic carbocycles. The third-order valence-electron chi connectivity index (χ3n) is 4.51. The number of carboxylic acid groups (broad SMARTS) is 3. The van der Waals surface area contributed by atoms with E-state index in [2.05, 4.69) is 10.6 Å². The summed E-state index contributed by atoms with van der Waals surface area (Å²) < 4.78 is 0. The van der Waals surface area contributed by atoms with Gasteiger partial charge in [0.1, 0.15) is 18.1 Å². The molecule has 0 bridgehead atoms. The molecule has 13 nitrogen and oxygen atoms in total. The molecule has 0 unspecified atom stereocenters. The Morgan fingerprint density at radius 2 is 1.60 bits per heavy atom. The van der Waals surface area contributed by atoms with Crippen LogP contribution in [0.25, 0.3) is 0 Å². The summed E-state index contributed by atoms with van der Waals surface area (Å²) >= 11 is 0. The average molecular weight is 430 g/mol. The summed E-state index contributed by atoms with van der Waals surface area (Å²) in [4.78, 5) is 71.5. The van der Waals surface area contributed by atoms with Gasteiger partial charge in [0.05, 0.1) is 12.5 Å². The molecule has 13 heteroatoms. The van der Waals surface area contributed by atoms with Crippen LogP contribution < -0.4 is 16.4 Å². The monoisotopic (exact) mass is 430 g/mol. The molecule has 168 valence electrons. The molecular weight excluding hydrogens is 404 g/mol. The smallest absolute Gasteiger partial charge is 0.326 e. The van der Waals surface area contributed by atoms with E-state index >= 15 is 0 Å². The van der Waals surface area contributed by atoms with Crippen LogP contribution in [0.15, 0.2) is 0 Å². The van der Waals surface area contributed by atoms with E-state index < -0.39 is 72.6 Å². The molecule has 0 aromatic heterocycles. The molecule has 0 radical (unpaired) electrons. The van der Waals surface area contributed by atoms with Crippen molar-refractivity contribution in [2.45, 2.75) is 63.2 Å². The Morgan fingerprint density at radius 3 is 2.10 bits per heavy atom. The van der Waals surface area contributed by atoms with Crippen LogP contribution in [-0.2, 0) is 28.8 Å². The van der Waals surface area contributed by atoms with Crippen molar-refractivity contribution < 1.29 is 44.1 Å². The van der Waals surface area contributed by atoms with Crippen molar-refractivity contribution >= 4 is 35.6 Å². The molecule has 1 saturated heterocycles. The van der Waals surface area contributed by atoms with Gasteiger partial charge in [-0.05, 0) is 26.2 Å². The molecule has 0 aromatic rings. The number of likely N-dealkylation sites (tertiary alicyclic amines) is 1. The fourth-order valence-corrected chi connectivity index (χ4v) is 2.97. The van der Waals surface area contributed by atoms with E-state index in [1.165, 1.54) is 6.92 Å². The Labute approximate surface area is 171 Å². The van der Waals surface area contributed by atoms with Crippen molar-refractivity contribution in [2.24, 2.45) is 5.73 Å². The molecule has 4 atom stereocenters. The van der Waals surface area contributed by atoms with Crippen LogP contribution in [0, 0.1) is 0 Å². The Balaban J connectivity index is 3.00. The first-order valence-electron chi connectivity index (χ1n) is 9.27. The summed E-state index contributed by atoms with van der Waals surface area (Å²) in [5, 5.41) is 31.6. The minimum absolute atomic E-state index is 0.0889. The molecule has 1 rings (SSSR count). The molecule has 1 heterocycles. The third-order valence-corrected chi connectivity index (χ3v) is 4.51. The highest BCUT2D eigenvalue weighted by atomic mass is 16.4. The topological polar surface area (TPSA) is 216 Å². The van der Waals surface area contributed by atoms with Gasteiger partial charge in [-0.15, -0.1) is 0 Å². The summed E-state index contributed by atoms with van der Waals surface area (Å²) in [5.74, 6) is -6.50. The zero-order valence-corrected chi connectivity index (χ0v) is 16.4. The van der Waals surface area contributed by atoms with Crippen LogP contribution in [0.4, 0.5) is 0 Å². The zero-order chi connectivity index (χ0) is 23.0. The lowest BCUT2D eigenvalue weighted by molar-refractivity contribution is -0.150. The number of nitrogens with two attached hydrogens (primary N) is 1. The van der Waals surface area contributed by atoms with Crippen molar-refractivity contribution in [3.8, 4) is 0 Å². The van der Waals surface area contributed by atoms with E-state index in [1.54, 1.807) is 0 Å². The molecule has 0 spiro atoms. The van der Waals surface area contributed by atoms with Crippen molar-refractivity contribution in [3.63, 3.8) is 0 Å². The lowest BCUT2D eigenvalue weighted by Gasteiger charge is -2.28. The van der Waals surface area contributed by atoms with Gasteiger partial charge in [0.15, 0.2) is 0 Å². The maximum absolute atomic E-state index is 12.7. The van der Waals surface area contributed by atoms with Crippen LogP contribution in [0.2, 0.25) is 0 Å². The molecule has 0 aliphatic carbocycles. The van der Waals surface area contributed by atoms with E-state index in [0.29, 0.717) is 6.42 Å². The van der Waals surface area contributed by atoms with Gasteiger partial charge in [-0.2, -0.15) is 0 Å². The Morgan fingerprint density at radius 1 is 1.00 bits per heavy atom. The van der Waals surface area contributed by atoms with Crippen LogP contribution >= 0.6 is 0 Å². The van der Waals surface area contributed by atoms with Crippen LogP contribution in [-0.4, -0.2) is 86.6 Å². The maximum Gasteiger partial charge on any atom is 0.326 e. The fourth-order valence-electron chi connectivity index (χ4n) is 2.97. The summed E-state index contributed by atoms with van der Waals surface area (Å²) in [5.41, 5.74) is 5.43. The van der Waals surface area contributed by atoms with Crippen LogP contribution in [0.5, 0.6) is 0 Å². The first kappa shape index (κ1) is 24.8. The molecule has 3 amide bonds. The number of carbonyl (C=O) groups is 6. The molecule has 1 aliphatic heterocycles. The lowest BCUT2D eigenvalue weighted by atomic mass is 10.1. The molecular formula is C17H26N4O9. The number of hydrogen-bond acceptors (Lipinski definition) is 7. The Hall–Kier alpha value is -3.22. The first-order valence-corrected chi connectivity index (χ1v) is 9.27. The highest BCUT2D eigenvalue weighted by molar-refractivity contribution is 5.95. The van der Waals surface area contributed by atoms with Crippen molar-refractivity contribution in [1.82, 2.24) is 15.5 Å². The number of hydrogen-bond donors (Lipinski definition) is 6. The van der Waals surface area contributed by atoms with Crippen LogP contribution in [0.3, 0.4) is 0 Å². The fraction of sp³-hybridized carbons (Fsp3) is 0.647. The van der Waals surface area contributed by atoms with E-state index in [4.69, 9.17) is 15.9 Å². The molecule has 0 saturated carbocycles. The number of rotatable bonds is 11. The zero-order valence-electron chi connectivity index (χ0n) is 16.4. The lowest BCUT2D eigenvalue weighted by Crippen LogP contribution is -2.57. The second-order valence-corrected chi connectivity index (χ2v) is 6.97. The van der Waals surface area contributed by atoms with Crippen molar-refractivity contribution in [2.75, 3.05) is 6.54 Å². The molecule has 1 fully saturated rings. The standard InChI is InChI=1S/C17H26N4O9/c1-8(18)14(26)19-9(4-5-12(22)23)15(27)20-10(7-13(24)25)16(28)21-6-2-3-11(21)17(29)30/h8-11H,2-7,18H2,1H3,(H,19,26)(H,20,27)(H,22,23)(H,24,25)(H,29,30)/t8-,9-,10-,11-/m0/s1. The molecule has 30 heavy (non-hydrogen) atoms. The number of aliphatic carboxylic acids is 3. The third kappa shape index (κ3) is 7.31. The number of amides is 3. The highest BCUT2D eigenvalue weighted by Gasteiger charge is 2.39. The number of carboxylic acids is 3. The molecule has 7 N–H and O–H groups in total. The van der Waals surface area contributed by atoms with E-state index in [9.17, 15) is 33.9 Å². The second kappa shape index (κ2) is 11.1. The Bertz CT molecular complexity index is 709. The van der Waals surface area contributed by atoms with E-state index in [1.807, 2.05) is 0 Å². The van der Waals surface area contributed by atoms with Gasteiger partial charge in [0.25, 0.3) is 0 Å². The Kier molecular flexibility index (Phi) is 9.17. The summed E-state index contributed by atoms with van der Waals surface area (Å²) in [6.45, 7) is 1.43. The average Bonchev–Trinajstić information content (AvgIpc) is 3.12. The highest BCUT2D eigenvalue weighted by Crippen LogP contribution is 2.19. The number of nitrogens with one attached hydrogen (secondary N) is 2. The normalized spacial score (nSPS) is 18.7. The summed E-state index contributed by atoms with van der Waals surface area (Å²) in [7, 11) is 0. The minimum atomic E-state index is -1.59. The minimum Gasteiger partial charge on any atom is -0.481 e. The number of nitrogens with zero attached hydrogens (tertiary/aromatic N) is 1. The maximum atomic E-state index is 12.7. The van der Waals surface area contributed by atoms with E-state index in [0.717, 1.165) is 4.90 Å². The second-order valence-electron chi connectivity index (χ2n) is 6.97. The van der Waals surface area contributed by atoms with Gasteiger partial charge in [-0.3, -0.25) is 24.0 Å². The largest absolute Gasteiger partial charge is 0.481 e. The van der Waals surface area contributed by atoms with Gasteiger partial charge in [0.2, 0.25) is 17.7 Å². The van der Waals surface area contributed by atoms with Gasteiger partial charge in [-0.1, -0.05) is 0 Å². The van der Waals surface area contributed by atoms with Crippen molar-refractivity contribution in [3.05, 3.63) is 0 Å². The molecule has 1 aliphatic rings. The van der Waals surface area contributed by atoms with Crippen LogP contribution in [0.1, 0.15) is 39.0 Å². The predicted molar refractivity (Wildman–Crippen MR) is 99.0 cm³/mol.